The van der Waals surface area contributed by atoms with E-state index in [1.54, 1.807) is 6.20 Å². The maximum absolute atomic E-state index is 5.67. The molecule has 0 saturated carbocycles. The molecule has 1 aromatic rings. The molecule has 2 rings (SSSR count). The summed E-state index contributed by atoms with van der Waals surface area (Å²) in [4.78, 5) is 8.65. The average molecular weight is 206 g/mol. The van der Waals surface area contributed by atoms with Crippen LogP contribution in [0.25, 0.3) is 0 Å². The average Bonchev–Trinajstić information content (AvgIpc) is 2.66. The maximum Gasteiger partial charge on any atom is 0.125 e. The summed E-state index contributed by atoms with van der Waals surface area (Å²) in [5.74, 6) is 0.598. The van der Waals surface area contributed by atoms with Gasteiger partial charge in [-0.1, -0.05) is 0 Å². The third-order valence-electron chi connectivity index (χ3n) is 3.02. The van der Waals surface area contributed by atoms with Gasteiger partial charge in [-0.25, -0.2) is 4.98 Å². The first-order chi connectivity index (χ1) is 7.16. The van der Waals surface area contributed by atoms with Crippen LogP contribution in [0, 0.1) is 0 Å². The van der Waals surface area contributed by atoms with E-state index in [1.165, 1.54) is 12.1 Å². The molecule has 4 nitrogen and oxygen atoms in total. The third kappa shape index (κ3) is 2.21. The van der Waals surface area contributed by atoms with E-state index >= 15 is 0 Å². The van der Waals surface area contributed by atoms with Crippen LogP contribution < -0.4 is 10.6 Å². The smallest absolute Gasteiger partial charge is 0.125 e. The van der Waals surface area contributed by atoms with Crippen LogP contribution in [-0.2, 0) is 0 Å². The number of rotatable bonds is 2. The Balaban J connectivity index is 2.08. The summed E-state index contributed by atoms with van der Waals surface area (Å²) < 4.78 is 0. The lowest BCUT2D eigenvalue weighted by atomic mass is 10.2. The number of aromatic nitrogens is 1. The molecule has 1 atom stereocenters. The molecule has 4 heteroatoms. The molecule has 1 fully saturated rings. The highest BCUT2D eigenvalue weighted by molar-refractivity contribution is 5.52. The molecule has 1 aliphatic heterocycles. The molecule has 0 spiro atoms. The predicted octanol–water partition coefficient (Wildman–Crippen LogP) is 0.804. The van der Waals surface area contributed by atoms with E-state index in [4.69, 9.17) is 5.73 Å². The van der Waals surface area contributed by atoms with Crippen molar-refractivity contribution in [3.05, 3.63) is 18.3 Å². The summed E-state index contributed by atoms with van der Waals surface area (Å²) in [5.41, 5.74) is 6.86. The van der Waals surface area contributed by atoms with Crippen molar-refractivity contribution in [1.29, 1.82) is 0 Å². The molecule has 0 bridgehead atoms. The molecule has 1 saturated heterocycles. The van der Waals surface area contributed by atoms with Crippen molar-refractivity contribution >= 4 is 11.5 Å². The zero-order valence-corrected chi connectivity index (χ0v) is 9.35. The van der Waals surface area contributed by atoms with E-state index < -0.39 is 0 Å². The molecule has 15 heavy (non-hydrogen) atoms. The monoisotopic (exact) mass is 206 g/mol. The van der Waals surface area contributed by atoms with Gasteiger partial charge in [-0.15, -0.1) is 0 Å². The molecule has 82 valence electrons. The normalized spacial score (nSPS) is 21.3. The van der Waals surface area contributed by atoms with Gasteiger partial charge < -0.3 is 15.5 Å². The predicted molar refractivity (Wildman–Crippen MR) is 63.0 cm³/mol. The Kier molecular flexibility index (Phi) is 2.77. The van der Waals surface area contributed by atoms with E-state index in [2.05, 4.69) is 28.9 Å². The minimum atomic E-state index is 0.598. The zero-order valence-electron chi connectivity index (χ0n) is 9.35. The minimum absolute atomic E-state index is 0.598. The lowest BCUT2D eigenvalue weighted by Gasteiger charge is -2.21. The Bertz CT molecular complexity index is 337. The molecule has 0 amide bonds. The summed E-state index contributed by atoms with van der Waals surface area (Å²) in [6.45, 7) is 2.18. The molecule has 2 heterocycles. The number of nitrogens with zero attached hydrogens (tertiary/aromatic N) is 3. The molecular formula is C11H18N4. The maximum atomic E-state index is 5.67. The van der Waals surface area contributed by atoms with Crippen molar-refractivity contribution in [2.45, 2.75) is 12.5 Å². The van der Waals surface area contributed by atoms with Gasteiger partial charge in [0.25, 0.3) is 0 Å². The second-order valence-electron chi connectivity index (χ2n) is 4.29. The van der Waals surface area contributed by atoms with Gasteiger partial charge in [-0.3, -0.25) is 0 Å². The number of likely N-dealkylation sites (N-methyl/N-ethyl adjacent to an activating group) is 1. The van der Waals surface area contributed by atoms with Crippen LogP contribution in [0.1, 0.15) is 6.42 Å². The van der Waals surface area contributed by atoms with E-state index in [0.717, 1.165) is 13.1 Å². The molecule has 1 aromatic heterocycles. The Morgan fingerprint density at radius 3 is 2.93 bits per heavy atom. The van der Waals surface area contributed by atoms with E-state index in [0.29, 0.717) is 11.9 Å². The third-order valence-corrected chi connectivity index (χ3v) is 3.02. The van der Waals surface area contributed by atoms with Crippen molar-refractivity contribution in [3.63, 3.8) is 0 Å². The molecule has 1 unspecified atom stereocenters. The van der Waals surface area contributed by atoms with Crippen LogP contribution in [0.2, 0.25) is 0 Å². The zero-order chi connectivity index (χ0) is 10.8. The highest BCUT2D eigenvalue weighted by Crippen LogP contribution is 2.22. The van der Waals surface area contributed by atoms with Crippen molar-refractivity contribution in [2.75, 3.05) is 37.8 Å². The van der Waals surface area contributed by atoms with Crippen LogP contribution >= 0.6 is 0 Å². The second-order valence-corrected chi connectivity index (χ2v) is 4.29. The molecule has 0 radical (unpaired) electrons. The summed E-state index contributed by atoms with van der Waals surface area (Å²) in [7, 11) is 4.27. The fraction of sp³-hybridized carbons (Fsp3) is 0.545. The standard InChI is InChI=1S/C11H18N4/c1-14(2)10-4-6-15(8-10)9-3-5-13-11(12)7-9/h3,5,7,10H,4,6,8H2,1-2H3,(H2,12,13). The molecule has 2 N–H and O–H groups in total. The summed E-state index contributed by atoms with van der Waals surface area (Å²) in [5, 5.41) is 0. The topological polar surface area (TPSA) is 45.4 Å². The number of nitrogens with two attached hydrogens (primary N) is 1. The van der Waals surface area contributed by atoms with Crippen LogP contribution in [-0.4, -0.2) is 43.1 Å². The molecule has 0 aromatic carbocycles. The summed E-state index contributed by atoms with van der Waals surface area (Å²) >= 11 is 0. The van der Waals surface area contributed by atoms with Gasteiger partial charge in [-0.05, 0) is 26.6 Å². The number of pyridine rings is 1. The number of anilines is 2. The van der Waals surface area contributed by atoms with Crippen LogP contribution in [0.4, 0.5) is 11.5 Å². The molecule has 1 aliphatic rings. The van der Waals surface area contributed by atoms with Gasteiger partial charge in [0.05, 0.1) is 0 Å². The van der Waals surface area contributed by atoms with E-state index in [-0.39, 0.29) is 0 Å². The Morgan fingerprint density at radius 2 is 2.33 bits per heavy atom. The van der Waals surface area contributed by atoms with Gasteiger partial charge in [0.1, 0.15) is 5.82 Å². The summed E-state index contributed by atoms with van der Waals surface area (Å²) in [6.07, 6.45) is 2.99. The van der Waals surface area contributed by atoms with Crippen molar-refractivity contribution in [2.24, 2.45) is 0 Å². The number of nitrogen functional groups attached to an aromatic ring is 1. The fourth-order valence-electron chi connectivity index (χ4n) is 2.03. The largest absolute Gasteiger partial charge is 0.384 e. The van der Waals surface area contributed by atoms with Gasteiger partial charge in [0, 0.05) is 37.1 Å². The molecular weight excluding hydrogens is 188 g/mol. The first-order valence-electron chi connectivity index (χ1n) is 5.30. The second kappa shape index (κ2) is 4.06. The van der Waals surface area contributed by atoms with Crippen molar-refractivity contribution in [3.8, 4) is 0 Å². The Morgan fingerprint density at radius 1 is 1.53 bits per heavy atom. The Labute approximate surface area is 90.7 Å². The lowest BCUT2D eigenvalue weighted by molar-refractivity contribution is 0.315. The lowest BCUT2D eigenvalue weighted by Crippen LogP contribution is -2.31. The highest BCUT2D eigenvalue weighted by Gasteiger charge is 2.23. The van der Waals surface area contributed by atoms with Crippen LogP contribution in [0.5, 0.6) is 0 Å². The number of hydrogen-bond donors (Lipinski definition) is 1. The van der Waals surface area contributed by atoms with Crippen LogP contribution in [0.15, 0.2) is 18.3 Å². The Hall–Kier alpha value is -1.29. The van der Waals surface area contributed by atoms with Crippen molar-refractivity contribution in [1.82, 2.24) is 9.88 Å². The highest BCUT2D eigenvalue weighted by atomic mass is 15.2. The number of hydrogen-bond acceptors (Lipinski definition) is 4. The fourth-order valence-corrected chi connectivity index (χ4v) is 2.03. The quantitative estimate of drug-likeness (QED) is 0.777. The summed E-state index contributed by atoms with van der Waals surface area (Å²) in [6, 6.07) is 4.62. The van der Waals surface area contributed by atoms with Gasteiger partial charge in [-0.2, -0.15) is 0 Å². The first-order valence-corrected chi connectivity index (χ1v) is 5.30. The molecule has 0 aliphatic carbocycles. The first kappa shape index (κ1) is 10.2. The van der Waals surface area contributed by atoms with Gasteiger partial charge in [0.15, 0.2) is 0 Å². The van der Waals surface area contributed by atoms with Crippen LogP contribution in [0.3, 0.4) is 0 Å². The van der Waals surface area contributed by atoms with E-state index in [9.17, 15) is 0 Å². The SMILES string of the molecule is CN(C)C1CCN(c2ccnc(N)c2)C1. The van der Waals surface area contributed by atoms with Gasteiger partial charge >= 0.3 is 0 Å². The van der Waals surface area contributed by atoms with Crippen molar-refractivity contribution < 1.29 is 0 Å². The van der Waals surface area contributed by atoms with E-state index in [1.807, 2.05) is 12.1 Å². The minimum Gasteiger partial charge on any atom is -0.384 e. The van der Waals surface area contributed by atoms with Gasteiger partial charge in [0.2, 0.25) is 0 Å².